The van der Waals surface area contributed by atoms with Crippen molar-refractivity contribution in [3.05, 3.63) is 12.2 Å². The molecule has 0 aliphatic carbocycles. The maximum absolute atomic E-state index is 12.6. The van der Waals surface area contributed by atoms with Crippen molar-refractivity contribution in [3.63, 3.8) is 0 Å². The first kappa shape index (κ1) is 24.7. The van der Waals surface area contributed by atoms with Gasteiger partial charge < -0.3 is 29.2 Å². The predicted octanol–water partition coefficient (Wildman–Crippen LogP) is 1.49. The smallest absolute Gasteiger partial charge is 0.334 e. The Hall–Kier alpha value is -1.97. The van der Waals surface area contributed by atoms with Crippen molar-refractivity contribution >= 4 is 17.9 Å². The van der Waals surface area contributed by atoms with Crippen LogP contribution in [0.1, 0.15) is 54.4 Å². The maximum atomic E-state index is 12.6. The molecule has 180 valence electrons. The van der Waals surface area contributed by atoms with Gasteiger partial charge in [0.1, 0.15) is 5.60 Å². The predicted molar refractivity (Wildman–Crippen MR) is 111 cm³/mol. The van der Waals surface area contributed by atoms with Gasteiger partial charge in [0.2, 0.25) is 5.79 Å². The molecule has 3 heterocycles. The Balaban J connectivity index is 2.17. The second-order valence-corrected chi connectivity index (χ2v) is 10.0. The third-order valence-corrected chi connectivity index (χ3v) is 6.85. The van der Waals surface area contributed by atoms with E-state index in [0.29, 0.717) is 12.8 Å². The summed E-state index contributed by atoms with van der Waals surface area (Å²) < 4.78 is 22.9. The number of hydrogen-bond donors (Lipinski definition) is 2. The zero-order chi connectivity index (χ0) is 24.2. The number of fused-ring (bicyclic) bond motifs is 3. The van der Waals surface area contributed by atoms with Gasteiger partial charge in [0.05, 0.1) is 23.9 Å². The monoisotopic (exact) mass is 454 g/mol. The molecule has 0 unspecified atom stereocenters. The second-order valence-electron chi connectivity index (χ2n) is 10.0. The Morgan fingerprint density at radius 2 is 1.59 bits per heavy atom. The second kappa shape index (κ2) is 8.43. The first-order chi connectivity index (χ1) is 14.7. The summed E-state index contributed by atoms with van der Waals surface area (Å²) in [5.41, 5.74) is -1.86. The highest BCUT2D eigenvalue weighted by molar-refractivity contribution is 5.91. The number of carbonyl (C=O) groups excluding carboxylic acids is 3. The van der Waals surface area contributed by atoms with Gasteiger partial charge in [-0.2, -0.15) is 0 Å². The number of ether oxygens (including phenoxy) is 4. The van der Waals surface area contributed by atoms with Crippen LogP contribution in [0.4, 0.5) is 0 Å². The lowest BCUT2D eigenvalue weighted by Gasteiger charge is -2.54. The molecular formula is C23H34O9. The summed E-state index contributed by atoms with van der Waals surface area (Å²) in [5.74, 6) is -6.58. The Bertz CT molecular complexity index is 801. The van der Waals surface area contributed by atoms with Crippen LogP contribution in [0, 0.1) is 23.7 Å². The molecule has 3 aliphatic rings. The van der Waals surface area contributed by atoms with E-state index in [4.69, 9.17) is 18.9 Å². The SMILES string of the molecule is C=C1C(=O)O[C@@H]2[C@@H]1[C@H](OC(=O)C(C)C)[C@]1(O)O[C@H](CC[C@@H]1C)[C@](C)(O)[C@H]2OC(=O)C(C)C. The van der Waals surface area contributed by atoms with E-state index in [1.54, 1.807) is 34.6 Å². The molecule has 3 saturated heterocycles. The molecule has 2 N–H and O–H groups in total. The highest BCUT2D eigenvalue weighted by Gasteiger charge is 2.67. The number of carbonyl (C=O) groups is 3. The third-order valence-electron chi connectivity index (χ3n) is 6.85. The third kappa shape index (κ3) is 3.95. The van der Waals surface area contributed by atoms with Gasteiger partial charge >= 0.3 is 17.9 Å². The van der Waals surface area contributed by atoms with Crippen LogP contribution in [0.3, 0.4) is 0 Å². The topological polar surface area (TPSA) is 129 Å². The van der Waals surface area contributed by atoms with Crippen LogP contribution >= 0.6 is 0 Å². The van der Waals surface area contributed by atoms with Crippen LogP contribution in [-0.4, -0.2) is 63.9 Å². The zero-order valence-corrected chi connectivity index (χ0v) is 19.5. The molecule has 0 aromatic heterocycles. The van der Waals surface area contributed by atoms with E-state index in [2.05, 4.69) is 6.58 Å². The Morgan fingerprint density at radius 1 is 1.06 bits per heavy atom. The van der Waals surface area contributed by atoms with Crippen molar-refractivity contribution in [1.82, 2.24) is 0 Å². The van der Waals surface area contributed by atoms with Gasteiger partial charge in [-0.1, -0.05) is 41.2 Å². The lowest BCUT2D eigenvalue weighted by atomic mass is 9.70. The van der Waals surface area contributed by atoms with Gasteiger partial charge in [-0.15, -0.1) is 0 Å². The Labute approximate surface area is 188 Å². The van der Waals surface area contributed by atoms with Gasteiger partial charge in [0.25, 0.3) is 0 Å². The minimum absolute atomic E-state index is 0.0498. The fraction of sp³-hybridized carbons (Fsp3) is 0.783. The average Bonchev–Trinajstić information content (AvgIpc) is 2.98. The van der Waals surface area contributed by atoms with Gasteiger partial charge in [-0.25, -0.2) is 4.79 Å². The molecule has 9 nitrogen and oxygen atoms in total. The maximum Gasteiger partial charge on any atom is 0.334 e. The van der Waals surface area contributed by atoms with Crippen molar-refractivity contribution in [1.29, 1.82) is 0 Å². The number of aliphatic hydroxyl groups is 2. The van der Waals surface area contributed by atoms with Crippen LogP contribution in [0.5, 0.6) is 0 Å². The molecule has 8 atom stereocenters. The largest absolute Gasteiger partial charge is 0.456 e. The van der Waals surface area contributed by atoms with Crippen LogP contribution in [0.2, 0.25) is 0 Å². The molecule has 0 radical (unpaired) electrons. The summed E-state index contributed by atoms with van der Waals surface area (Å²) in [6, 6.07) is 0. The number of esters is 3. The van der Waals surface area contributed by atoms with Crippen LogP contribution in [0.25, 0.3) is 0 Å². The number of rotatable bonds is 4. The summed E-state index contributed by atoms with van der Waals surface area (Å²) in [5, 5.41) is 23.2. The van der Waals surface area contributed by atoms with E-state index < -0.39 is 77.4 Å². The molecule has 3 fully saturated rings. The first-order valence-electron chi connectivity index (χ1n) is 11.1. The number of hydrogen-bond acceptors (Lipinski definition) is 9. The highest BCUT2D eigenvalue weighted by atomic mass is 16.7. The van der Waals surface area contributed by atoms with Gasteiger partial charge in [-0.3, -0.25) is 9.59 Å². The summed E-state index contributed by atoms with van der Waals surface area (Å²) >= 11 is 0. The standard InChI is InChI=1S/C23H34O9/c1-10(2)19(24)30-17-15-13(6)21(26)29-16(15)18(31-20(25)11(3)4)22(7,27)14-9-8-12(5)23(17,28)32-14/h10-12,14-18,27-28H,6,8-9H2,1-5,7H3/t12-,14+,15+,16+,17-,18-,22-,23+/m0/s1. The van der Waals surface area contributed by atoms with Crippen LogP contribution < -0.4 is 0 Å². The molecule has 9 heteroatoms. The van der Waals surface area contributed by atoms with Crippen molar-refractivity contribution in [3.8, 4) is 0 Å². The molecular weight excluding hydrogens is 420 g/mol. The molecule has 0 saturated carbocycles. The van der Waals surface area contributed by atoms with Crippen molar-refractivity contribution in [2.75, 3.05) is 0 Å². The van der Waals surface area contributed by atoms with Crippen LogP contribution in [0.15, 0.2) is 12.2 Å². The molecule has 0 amide bonds. The van der Waals surface area contributed by atoms with E-state index >= 15 is 0 Å². The molecule has 3 aliphatic heterocycles. The average molecular weight is 455 g/mol. The van der Waals surface area contributed by atoms with Crippen molar-refractivity contribution < 1.29 is 43.5 Å². The van der Waals surface area contributed by atoms with Gasteiger partial charge in [0, 0.05) is 11.5 Å². The van der Waals surface area contributed by atoms with E-state index in [1.807, 2.05) is 0 Å². The molecule has 0 spiro atoms. The lowest BCUT2D eigenvalue weighted by molar-refractivity contribution is -0.368. The quantitative estimate of drug-likeness (QED) is 0.369. The molecule has 32 heavy (non-hydrogen) atoms. The normalized spacial score (nSPS) is 41.6. The van der Waals surface area contributed by atoms with E-state index in [9.17, 15) is 24.6 Å². The highest BCUT2D eigenvalue weighted by Crippen LogP contribution is 2.50. The fourth-order valence-corrected chi connectivity index (χ4v) is 4.62. The van der Waals surface area contributed by atoms with Crippen molar-refractivity contribution in [2.24, 2.45) is 23.7 Å². The minimum Gasteiger partial charge on any atom is -0.456 e. The molecule has 3 rings (SSSR count). The van der Waals surface area contributed by atoms with E-state index in [-0.39, 0.29) is 5.57 Å². The van der Waals surface area contributed by atoms with Gasteiger partial charge in [0.15, 0.2) is 18.3 Å². The Kier molecular flexibility index (Phi) is 6.49. The lowest BCUT2D eigenvalue weighted by Crippen LogP contribution is -2.70. The molecule has 0 aromatic rings. The summed E-state index contributed by atoms with van der Waals surface area (Å²) in [6.07, 6.45) is -4.08. The van der Waals surface area contributed by atoms with E-state index in [1.165, 1.54) is 6.92 Å². The summed E-state index contributed by atoms with van der Waals surface area (Å²) in [4.78, 5) is 37.7. The van der Waals surface area contributed by atoms with Gasteiger partial charge in [-0.05, 0) is 19.8 Å². The summed E-state index contributed by atoms with van der Waals surface area (Å²) in [7, 11) is 0. The summed E-state index contributed by atoms with van der Waals surface area (Å²) in [6.45, 7) is 13.5. The van der Waals surface area contributed by atoms with E-state index in [0.717, 1.165) is 0 Å². The molecule has 0 aromatic carbocycles. The zero-order valence-electron chi connectivity index (χ0n) is 19.5. The minimum atomic E-state index is -2.01. The molecule has 2 bridgehead atoms. The Morgan fingerprint density at radius 3 is 2.12 bits per heavy atom. The van der Waals surface area contributed by atoms with Crippen molar-refractivity contribution in [2.45, 2.75) is 90.2 Å². The van der Waals surface area contributed by atoms with Crippen LogP contribution in [-0.2, 0) is 33.3 Å². The fourth-order valence-electron chi connectivity index (χ4n) is 4.62. The first-order valence-corrected chi connectivity index (χ1v) is 11.1.